The molecule has 7 heteroatoms. The maximum Gasteiger partial charge on any atom is 0.269 e. The molecule has 0 bridgehead atoms. The molecule has 1 aromatic rings. The SMILES string of the molecule is CN(C)C(=O)C1CCN(C(=O)Cc2ccc([N+](=O)[O-])cc2)CC1. The Bertz CT molecular complexity index is 590. The van der Waals surface area contributed by atoms with Gasteiger partial charge in [0.1, 0.15) is 0 Å². The number of hydrogen-bond acceptors (Lipinski definition) is 4. The Labute approximate surface area is 135 Å². The molecule has 2 rings (SSSR count). The summed E-state index contributed by atoms with van der Waals surface area (Å²) in [7, 11) is 3.49. The van der Waals surface area contributed by atoms with Crippen LogP contribution >= 0.6 is 0 Å². The molecule has 0 unspecified atom stereocenters. The largest absolute Gasteiger partial charge is 0.349 e. The molecule has 0 aromatic heterocycles. The molecule has 0 atom stereocenters. The average molecular weight is 319 g/mol. The molecule has 23 heavy (non-hydrogen) atoms. The average Bonchev–Trinajstić information content (AvgIpc) is 2.54. The molecule has 0 N–H and O–H groups in total. The number of carbonyl (C=O) groups is 2. The van der Waals surface area contributed by atoms with Crippen molar-refractivity contribution in [2.24, 2.45) is 5.92 Å². The van der Waals surface area contributed by atoms with Crippen LogP contribution in [-0.2, 0) is 16.0 Å². The first-order chi connectivity index (χ1) is 10.9. The third-order valence-corrected chi connectivity index (χ3v) is 4.14. The number of carbonyl (C=O) groups excluding carboxylic acids is 2. The summed E-state index contributed by atoms with van der Waals surface area (Å²) in [6.45, 7) is 1.16. The zero-order valence-electron chi connectivity index (χ0n) is 13.4. The van der Waals surface area contributed by atoms with E-state index < -0.39 is 4.92 Å². The van der Waals surface area contributed by atoms with Crippen molar-refractivity contribution in [3.63, 3.8) is 0 Å². The molecule has 2 amide bonds. The molecule has 0 saturated carbocycles. The summed E-state index contributed by atoms with van der Waals surface area (Å²) in [6, 6.07) is 6.03. The lowest BCUT2D eigenvalue weighted by Crippen LogP contribution is -2.43. The van der Waals surface area contributed by atoms with E-state index >= 15 is 0 Å². The first kappa shape index (κ1) is 16.9. The van der Waals surface area contributed by atoms with Crippen LogP contribution in [0.15, 0.2) is 24.3 Å². The van der Waals surface area contributed by atoms with Crippen LogP contribution in [0.2, 0.25) is 0 Å². The Morgan fingerprint density at radius 1 is 1.22 bits per heavy atom. The molecule has 0 spiro atoms. The van der Waals surface area contributed by atoms with Crippen molar-refractivity contribution in [1.82, 2.24) is 9.80 Å². The van der Waals surface area contributed by atoms with E-state index in [1.807, 2.05) is 0 Å². The minimum Gasteiger partial charge on any atom is -0.349 e. The van der Waals surface area contributed by atoms with Crippen molar-refractivity contribution in [3.8, 4) is 0 Å². The van der Waals surface area contributed by atoms with E-state index in [4.69, 9.17) is 0 Å². The molecular weight excluding hydrogens is 298 g/mol. The minimum absolute atomic E-state index is 0.00500. The van der Waals surface area contributed by atoms with Crippen LogP contribution in [0.5, 0.6) is 0 Å². The van der Waals surface area contributed by atoms with Gasteiger partial charge in [0.25, 0.3) is 5.69 Å². The smallest absolute Gasteiger partial charge is 0.269 e. The summed E-state index contributed by atoms with van der Waals surface area (Å²) in [5, 5.41) is 10.6. The molecule has 0 radical (unpaired) electrons. The van der Waals surface area contributed by atoms with Crippen LogP contribution in [0.3, 0.4) is 0 Å². The van der Waals surface area contributed by atoms with Crippen molar-refractivity contribution in [2.75, 3.05) is 27.2 Å². The Balaban J connectivity index is 1.88. The van der Waals surface area contributed by atoms with E-state index in [1.54, 1.807) is 36.0 Å². The highest BCUT2D eigenvalue weighted by molar-refractivity contribution is 5.81. The first-order valence-corrected chi connectivity index (χ1v) is 7.60. The van der Waals surface area contributed by atoms with Gasteiger partial charge in [-0.3, -0.25) is 19.7 Å². The van der Waals surface area contributed by atoms with Crippen LogP contribution in [0, 0.1) is 16.0 Å². The summed E-state index contributed by atoms with van der Waals surface area (Å²) in [5.74, 6) is 0.107. The number of nitro groups is 1. The first-order valence-electron chi connectivity index (χ1n) is 7.60. The van der Waals surface area contributed by atoms with Crippen LogP contribution in [0.4, 0.5) is 5.69 Å². The molecule has 1 aliphatic heterocycles. The predicted octanol–water partition coefficient (Wildman–Crippen LogP) is 1.46. The normalized spacial score (nSPS) is 15.3. The zero-order valence-corrected chi connectivity index (χ0v) is 13.4. The lowest BCUT2D eigenvalue weighted by atomic mass is 9.95. The number of rotatable bonds is 4. The fraction of sp³-hybridized carbons (Fsp3) is 0.500. The van der Waals surface area contributed by atoms with Crippen LogP contribution < -0.4 is 0 Å². The van der Waals surface area contributed by atoms with Crippen molar-refractivity contribution in [1.29, 1.82) is 0 Å². The number of likely N-dealkylation sites (tertiary alicyclic amines) is 1. The van der Waals surface area contributed by atoms with Crippen molar-refractivity contribution < 1.29 is 14.5 Å². The lowest BCUT2D eigenvalue weighted by Gasteiger charge is -2.32. The summed E-state index contributed by atoms with van der Waals surface area (Å²) < 4.78 is 0. The Morgan fingerprint density at radius 3 is 2.26 bits per heavy atom. The van der Waals surface area contributed by atoms with Gasteiger partial charge in [-0.25, -0.2) is 0 Å². The lowest BCUT2D eigenvalue weighted by molar-refractivity contribution is -0.384. The summed E-state index contributed by atoms with van der Waals surface area (Å²) in [5.41, 5.74) is 0.774. The number of nitrogens with zero attached hydrogens (tertiary/aromatic N) is 3. The number of benzene rings is 1. The highest BCUT2D eigenvalue weighted by Crippen LogP contribution is 2.20. The highest BCUT2D eigenvalue weighted by atomic mass is 16.6. The van der Waals surface area contributed by atoms with Gasteiger partial charge < -0.3 is 9.80 Å². The molecule has 1 aliphatic rings. The van der Waals surface area contributed by atoms with E-state index in [9.17, 15) is 19.7 Å². The van der Waals surface area contributed by atoms with E-state index in [-0.39, 0.29) is 29.8 Å². The fourth-order valence-electron chi connectivity index (χ4n) is 2.76. The van der Waals surface area contributed by atoms with Gasteiger partial charge in [-0.05, 0) is 18.4 Å². The topological polar surface area (TPSA) is 83.8 Å². The number of nitro benzene ring substituents is 1. The van der Waals surface area contributed by atoms with E-state index in [0.717, 1.165) is 5.56 Å². The standard InChI is InChI=1S/C16H21N3O4/c1-17(2)16(21)13-7-9-18(10-8-13)15(20)11-12-3-5-14(6-4-12)19(22)23/h3-6,13H,7-11H2,1-2H3. The van der Waals surface area contributed by atoms with E-state index in [0.29, 0.717) is 25.9 Å². The van der Waals surface area contributed by atoms with Gasteiger partial charge in [0, 0.05) is 45.2 Å². The summed E-state index contributed by atoms with van der Waals surface area (Å²) in [4.78, 5) is 37.7. The number of amides is 2. The van der Waals surface area contributed by atoms with Gasteiger partial charge in [-0.15, -0.1) is 0 Å². The summed E-state index contributed by atoms with van der Waals surface area (Å²) in [6.07, 6.45) is 1.59. The number of hydrogen-bond donors (Lipinski definition) is 0. The third-order valence-electron chi connectivity index (χ3n) is 4.14. The second-order valence-corrected chi connectivity index (χ2v) is 5.99. The second kappa shape index (κ2) is 7.21. The quantitative estimate of drug-likeness (QED) is 0.621. The van der Waals surface area contributed by atoms with Crippen LogP contribution in [0.25, 0.3) is 0 Å². The van der Waals surface area contributed by atoms with E-state index in [2.05, 4.69) is 0 Å². The Hall–Kier alpha value is -2.44. The molecule has 0 aliphatic carbocycles. The van der Waals surface area contributed by atoms with Gasteiger partial charge >= 0.3 is 0 Å². The number of piperidine rings is 1. The zero-order chi connectivity index (χ0) is 17.0. The Morgan fingerprint density at radius 2 is 1.78 bits per heavy atom. The van der Waals surface area contributed by atoms with E-state index in [1.165, 1.54) is 12.1 Å². The molecule has 1 heterocycles. The molecule has 7 nitrogen and oxygen atoms in total. The number of non-ortho nitro benzene ring substituents is 1. The van der Waals surface area contributed by atoms with Crippen LogP contribution in [-0.4, -0.2) is 53.7 Å². The van der Waals surface area contributed by atoms with Gasteiger partial charge in [-0.2, -0.15) is 0 Å². The van der Waals surface area contributed by atoms with Crippen molar-refractivity contribution >= 4 is 17.5 Å². The second-order valence-electron chi connectivity index (χ2n) is 5.99. The summed E-state index contributed by atoms with van der Waals surface area (Å²) >= 11 is 0. The maximum atomic E-state index is 12.3. The maximum absolute atomic E-state index is 12.3. The van der Waals surface area contributed by atoms with Gasteiger partial charge in [0.15, 0.2) is 0 Å². The predicted molar refractivity (Wildman–Crippen MR) is 84.8 cm³/mol. The molecule has 124 valence electrons. The van der Waals surface area contributed by atoms with Gasteiger partial charge in [0.2, 0.25) is 11.8 Å². The Kier molecular flexibility index (Phi) is 5.31. The monoisotopic (exact) mass is 319 g/mol. The third kappa shape index (κ3) is 4.28. The molecule has 1 aromatic carbocycles. The highest BCUT2D eigenvalue weighted by Gasteiger charge is 2.28. The fourth-order valence-corrected chi connectivity index (χ4v) is 2.76. The van der Waals surface area contributed by atoms with Gasteiger partial charge in [-0.1, -0.05) is 12.1 Å². The molecular formula is C16H21N3O4. The molecule has 1 fully saturated rings. The minimum atomic E-state index is -0.460. The van der Waals surface area contributed by atoms with Crippen LogP contribution in [0.1, 0.15) is 18.4 Å². The van der Waals surface area contributed by atoms with Crippen molar-refractivity contribution in [2.45, 2.75) is 19.3 Å². The molecule has 1 saturated heterocycles. The van der Waals surface area contributed by atoms with Gasteiger partial charge in [0.05, 0.1) is 11.3 Å². The van der Waals surface area contributed by atoms with Crippen molar-refractivity contribution in [3.05, 3.63) is 39.9 Å².